The summed E-state index contributed by atoms with van der Waals surface area (Å²) in [6, 6.07) is 0. The number of ether oxygens (including phenoxy) is 2. The Hall–Kier alpha value is -0.610. The molecule has 0 radical (unpaired) electrons. The van der Waals surface area contributed by atoms with Crippen LogP contribution in [0.4, 0.5) is 0 Å². The molecule has 4 nitrogen and oxygen atoms in total. The van der Waals surface area contributed by atoms with Crippen LogP contribution in [0.5, 0.6) is 0 Å². The van der Waals surface area contributed by atoms with Gasteiger partial charge in [0.05, 0.1) is 12.5 Å². The van der Waals surface area contributed by atoms with Gasteiger partial charge in [-0.05, 0) is 19.3 Å². The number of unbranched alkanes of at least 4 members (excludes halogenated alkanes) is 9. The van der Waals surface area contributed by atoms with E-state index >= 15 is 0 Å². The second-order valence-corrected chi connectivity index (χ2v) is 6.77. The van der Waals surface area contributed by atoms with Crippen LogP contribution in [0.15, 0.2) is 0 Å². The minimum Gasteiger partial charge on any atom is -0.463 e. The summed E-state index contributed by atoms with van der Waals surface area (Å²) in [5.41, 5.74) is 0. The molecule has 0 amide bonds. The summed E-state index contributed by atoms with van der Waals surface area (Å²) in [7, 11) is 0. The molecule has 0 spiro atoms. The van der Waals surface area contributed by atoms with Crippen LogP contribution < -0.4 is 0 Å². The van der Waals surface area contributed by atoms with Gasteiger partial charge in [-0.3, -0.25) is 4.79 Å². The number of carbonyl (C=O) groups is 1. The van der Waals surface area contributed by atoms with Gasteiger partial charge in [-0.2, -0.15) is 0 Å². The van der Waals surface area contributed by atoms with Crippen molar-refractivity contribution in [1.82, 2.24) is 0 Å². The second kappa shape index (κ2) is 17.2. The Morgan fingerprint density at radius 3 is 1.96 bits per heavy atom. The van der Waals surface area contributed by atoms with Crippen molar-refractivity contribution in [3.8, 4) is 0 Å². The largest absolute Gasteiger partial charge is 0.463 e. The maximum absolute atomic E-state index is 11.4. The minimum atomic E-state index is -0.735. The van der Waals surface area contributed by atoms with Crippen molar-refractivity contribution in [2.75, 3.05) is 13.2 Å². The van der Waals surface area contributed by atoms with Gasteiger partial charge in [-0.1, -0.05) is 78.6 Å². The normalized spacial score (nSPS) is 13.7. The first kappa shape index (κ1) is 23.4. The molecule has 0 fully saturated rings. The van der Waals surface area contributed by atoms with Gasteiger partial charge < -0.3 is 14.6 Å². The van der Waals surface area contributed by atoms with Crippen molar-refractivity contribution in [2.45, 2.75) is 104 Å². The zero-order valence-electron chi connectivity index (χ0n) is 16.2. The number of aliphatic hydroxyl groups is 1. The highest BCUT2D eigenvalue weighted by atomic mass is 16.6. The third kappa shape index (κ3) is 14.9. The lowest BCUT2D eigenvalue weighted by Crippen LogP contribution is -2.20. The van der Waals surface area contributed by atoms with Crippen molar-refractivity contribution in [2.24, 2.45) is 5.92 Å². The fraction of sp³-hybridized carbons (Fsp3) is 0.950. The van der Waals surface area contributed by atoms with E-state index in [1.54, 1.807) is 0 Å². The molecule has 4 heteroatoms. The van der Waals surface area contributed by atoms with Crippen LogP contribution in [-0.4, -0.2) is 30.6 Å². The van der Waals surface area contributed by atoms with E-state index in [4.69, 9.17) is 9.47 Å². The lowest BCUT2D eigenvalue weighted by molar-refractivity contribution is -0.155. The fourth-order valence-electron chi connectivity index (χ4n) is 2.53. The van der Waals surface area contributed by atoms with Crippen molar-refractivity contribution >= 4 is 5.97 Å². The van der Waals surface area contributed by atoms with E-state index in [2.05, 4.69) is 6.92 Å². The van der Waals surface area contributed by atoms with E-state index < -0.39 is 6.29 Å². The van der Waals surface area contributed by atoms with Crippen LogP contribution in [0, 0.1) is 5.92 Å². The SMILES string of the molecule is CCCCCCCCCCCCC(O)OCCOC(=O)C(C)CC. The number of rotatable bonds is 17. The third-order valence-corrected chi connectivity index (χ3v) is 4.46. The van der Waals surface area contributed by atoms with E-state index in [9.17, 15) is 9.90 Å². The summed E-state index contributed by atoms with van der Waals surface area (Å²) in [5.74, 6) is -0.258. The van der Waals surface area contributed by atoms with Gasteiger partial charge >= 0.3 is 5.97 Å². The number of aliphatic hydroxyl groups excluding tert-OH is 1. The van der Waals surface area contributed by atoms with E-state index in [0.29, 0.717) is 6.42 Å². The molecule has 0 saturated heterocycles. The summed E-state index contributed by atoms with van der Waals surface area (Å²) in [4.78, 5) is 11.4. The smallest absolute Gasteiger partial charge is 0.308 e. The molecule has 1 N–H and O–H groups in total. The van der Waals surface area contributed by atoms with E-state index in [0.717, 1.165) is 19.3 Å². The van der Waals surface area contributed by atoms with Crippen molar-refractivity contribution in [3.05, 3.63) is 0 Å². The van der Waals surface area contributed by atoms with E-state index in [1.165, 1.54) is 51.4 Å². The Kier molecular flexibility index (Phi) is 16.8. The van der Waals surface area contributed by atoms with Gasteiger partial charge in [0.15, 0.2) is 6.29 Å². The lowest BCUT2D eigenvalue weighted by atomic mass is 10.1. The zero-order valence-corrected chi connectivity index (χ0v) is 16.2. The summed E-state index contributed by atoms with van der Waals surface area (Å²) in [6.07, 6.45) is 13.5. The average molecular weight is 345 g/mol. The highest BCUT2D eigenvalue weighted by Gasteiger charge is 2.11. The molecule has 0 rings (SSSR count). The van der Waals surface area contributed by atoms with Crippen LogP contribution in [0.25, 0.3) is 0 Å². The first-order chi connectivity index (χ1) is 11.6. The minimum absolute atomic E-state index is 0.0680. The maximum Gasteiger partial charge on any atom is 0.308 e. The fourth-order valence-corrected chi connectivity index (χ4v) is 2.53. The first-order valence-electron chi connectivity index (χ1n) is 10.1. The monoisotopic (exact) mass is 344 g/mol. The highest BCUT2D eigenvalue weighted by Crippen LogP contribution is 2.12. The predicted octanol–water partition coefficient (Wildman–Crippen LogP) is 5.22. The summed E-state index contributed by atoms with van der Waals surface area (Å²) in [6.45, 7) is 6.54. The molecule has 144 valence electrons. The van der Waals surface area contributed by atoms with Gasteiger partial charge in [0.25, 0.3) is 0 Å². The summed E-state index contributed by atoms with van der Waals surface area (Å²) in [5, 5.41) is 9.73. The van der Waals surface area contributed by atoms with Gasteiger partial charge in [-0.25, -0.2) is 0 Å². The standard InChI is InChI=1S/C20H40O4/c1-4-6-7-8-9-10-11-12-13-14-15-19(21)23-16-17-24-20(22)18(3)5-2/h18-19,21H,4-17H2,1-3H3. The second-order valence-electron chi connectivity index (χ2n) is 6.77. The molecule has 2 atom stereocenters. The summed E-state index contributed by atoms with van der Waals surface area (Å²) < 4.78 is 10.3. The molecule has 0 bridgehead atoms. The van der Waals surface area contributed by atoms with Gasteiger partial charge in [0, 0.05) is 0 Å². The number of esters is 1. The summed E-state index contributed by atoms with van der Waals surface area (Å²) >= 11 is 0. The van der Waals surface area contributed by atoms with Gasteiger partial charge in [-0.15, -0.1) is 0 Å². The molecule has 24 heavy (non-hydrogen) atoms. The zero-order chi connectivity index (χ0) is 18.0. The van der Waals surface area contributed by atoms with Crippen LogP contribution in [0.1, 0.15) is 97.8 Å². The van der Waals surface area contributed by atoms with Crippen LogP contribution in [0.3, 0.4) is 0 Å². The highest BCUT2D eigenvalue weighted by molar-refractivity contribution is 5.71. The van der Waals surface area contributed by atoms with Crippen molar-refractivity contribution in [3.63, 3.8) is 0 Å². The average Bonchev–Trinajstić information content (AvgIpc) is 2.59. The molecule has 0 aliphatic heterocycles. The molecule has 0 saturated carbocycles. The molecular formula is C20H40O4. The first-order valence-corrected chi connectivity index (χ1v) is 10.1. The van der Waals surface area contributed by atoms with Gasteiger partial charge in [0.1, 0.15) is 6.61 Å². The Morgan fingerprint density at radius 1 is 0.875 bits per heavy atom. The van der Waals surface area contributed by atoms with Crippen molar-refractivity contribution < 1.29 is 19.4 Å². The van der Waals surface area contributed by atoms with Crippen LogP contribution in [0.2, 0.25) is 0 Å². The quantitative estimate of drug-likeness (QED) is 0.223. The molecular weight excluding hydrogens is 304 g/mol. The van der Waals surface area contributed by atoms with Crippen molar-refractivity contribution in [1.29, 1.82) is 0 Å². The Bertz CT molecular complexity index is 281. The Balaban J connectivity index is 3.29. The molecule has 0 aliphatic carbocycles. The lowest BCUT2D eigenvalue weighted by Gasteiger charge is -2.13. The number of hydrogen-bond donors (Lipinski definition) is 1. The molecule has 0 aromatic rings. The maximum atomic E-state index is 11.4. The molecule has 0 aromatic carbocycles. The number of hydrogen-bond acceptors (Lipinski definition) is 4. The molecule has 0 aromatic heterocycles. The molecule has 2 unspecified atom stereocenters. The third-order valence-electron chi connectivity index (χ3n) is 4.46. The van der Waals surface area contributed by atoms with Crippen LogP contribution >= 0.6 is 0 Å². The Morgan fingerprint density at radius 2 is 1.42 bits per heavy atom. The van der Waals surface area contributed by atoms with E-state index in [1.807, 2.05) is 13.8 Å². The Labute approximate surface area is 149 Å². The molecule has 0 heterocycles. The van der Waals surface area contributed by atoms with Gasteiger partial charge in [0.2, 0.25) is 0 Å². The topological polar surface area (TPSA) is 55.8 Å². The van der Waals surface area contributed by atoms with Crippen LogP contribution in [-0.2, 0) is 14.3 Å². The van der Waals surface area contributed by atoms with E-state index in [-0.39, 0.29) is 25.1 Å². The molecule has 0 aliphatic rings. The predicted molar refractivity (Wildman–Crippen MR) is 98.8 cm³/mol. The number of carbonyl (C=O) groups excluding carboxylic acids is 1.